The predicted octanol–water partition coefficient (Wildman–Crippen LogP) is 3.42. The number of rotatable bonds is 7. The minimum absolute atomic E-state index is 0.105. The molecule has 0 aromatic heterocycles. The molecule has 1 aliphatic carbocycles. The minimum Gasteiger partial charge on any atom is -0.462 e. The van der Waals surface area contributed by atoms with Gasteiger partial charge in [-0.2, -0.15) is 0 Å². The second-order valence-electron chi connectivity index (χ2n) is 6.93. The smallest absolute Gasteiger partial charge is 0.338 e. The van der Waals surface area contributed by atoms with Gasteiger partial charge in [0.15, 0.2) is 5.78 Å². The number of benzene rings is 2. The Morgan fingerprint density at radius 3 is 2.07 bits per heavy atom. The van der Waals surface area contributed by atoms with Crippen LogP contribution in [0.25, 0.3) is 0 Å². The van der Waals surface area contributed by atoms with Crippen molar-refractivity contribution in [1.82, 2.24) is 0 Å². The number of esters is 1. The maximum absolute atomic E-state index is 12.7. The predicted molar refractivity (Wildman–Crippen MR) is 108 cm³/mol. The highest BCUT2D eigenvalue weighted by Gasteiger charge is 2.56. The number of ether oxygens (including phenoxy) is 1. The number of ketones is 1. The molecule has 0 unspecified atom stereocenters. The molecule has 2 N–H and O–H groups in total. The summed E-state index contributed by atoms with van der Waals surface area (Å²) in [5.74, 6) is -1.34. The third kappa shape index (κ3) is 4.51. The molecule has 1 fully saturated rings. The van der Waals surface area contributed by atoms with Crippen molar-refractivity contribution in [2.24, 2.45) is 5.41 Å². The quantitative estimate of drug-likeness (QED) is 0.426. The van der Waals surface area contributed by atoms with E-state index in [4.69, 9.17) is 4.74 Å². The summed E-state index contributed by atoms with van der Waals surface area (Å²) in [6.07, 6.45) is 0.885. The summed E-state index contributed by atoms with van der Waals surface area (Å²) in [5.41, 5.74) is 0.695. The summed E-state index contributed by atoms with van der Waals surface area (Å²) in [5, 5.41) is 5.46. The van der Waals surface area contributed by atoms with Crippen LogP contribution in [0.4, 0.5) is 11.4 Å². The molecule has 0 atom stereocenters. The number of hydrogen-bond acceptors (Lipinski definition) is 5. The van der Waals surface area contributed by atoms with E-state index in [0.29, 0.717) is 35.3 Å². The van der Waals surface area contributed by atoms with E-state index in [1.165, 1.54) is 6.92 Å². The molecule has 0 saturated heterocycles. The Kier molecular flexibility index (Phi) is 5.77. The van der Waals surface area contributed by atoms with Crippen LogP contribution in [0.1, 0.15) is 47.4 Å². The Bertz CT molecular complexity index is 961. The van der Waals surface area contributed by atoms with Gasteiger partial charge in [0.05, 0.1) is 12.2 Å². The highest BCUT2D eigenvalue weighted by Crippen LogP contribution is 2.47. The fourth-order valence-corrected chi connectivity index (χ4v) is 2.90. The molecule has 2 aromatic rings. The monoisotopic (exact) mass is 394 g/mol. The molecule has 7 nitrogen and oxygen atoms in total. The highest BCUT2D eigenvalue weighted by atomic mass is 16.5. The minimum atomic E-state index is -1.13. The summed E-state index contributed by atoms with van der Waals surface area (Å²) >= 11 is 0. The van der Waals surface area contributed by atoms with Gasteiger partial charge < -0.3 is 15.4 Å². The normalized spacial score (nSPS) is 13.9. The molecule has 0 radical (unpaired) electrons. The molecule has 0 bridgehead atoms. The molecule has 1 saturated carbocycles. The van der Waals surface area contributed by atoms with Crippen molar-refractivity contribution in [3.8, 4) is 0 Å². The molecule has 0 spiro atoms. The Morgan fingerprint density at radius 1 is 0.897 bits per heavy atom. The number of carbonyl (C=O) groups is 4. The third-order valence-corrected chi connectivity index (χ3v) is 4.80. The number of nitrogens with one attached hydrogen (secondary N) is 2. The zero-order chi connectivity index (χ0) is 21.0. The van der Waals surface area contributed by atoms with Gasteiger partial charge >= 0.3 is 5.97 Å². The Hall–Kier alpha value is -3.48. The van der Waals surface area contributed by atoms with Crippen LogP contribution in [0.3, 0.4) is 0 Å². The molecule has 29 heavy (non-hydrogen) atoms. The van der Waals surface area contributed by atoms with Gasteiger partial charge in [-0.05, 0) is 63.1 Å². The maximum Gasteiger partial charge on any atom is 0.338 e. The average Bonchev–Trinajstić information content (AvgIpc) is 3.51. The van der Waals surface area contributed by atoms with Crippen LogP contribution in [0.15, 0.2) is 48.5 Å². The van der Waals surface area contributed by atoms with Gasteiger partial charge in [-0.1, -0.05) is 12.1 Å². The highest BCUT2D eigenvalue weighted by molar-refractivity contribution is 6.17. The Morgan fingerprint density at radius 2 is 1.52 bits per heavy atom. The van der Waals surface area contributed by atoms with Gasteiger partial charge in [0, 0.05) is 16.9 Å². The molecule has 2 amide bonds. The second-order valence-corrected chi connectivity index (χ2v) is 6.93. The van der Waals surface area contributed by atoms with Gasteiger partial charge in [0.2, 0.25) is 11.8 Å². The lowest BCUT2D eigenvalue weighted by atomic mass is 10.0. The van der Waals surface area contributed by atoms with Crippen LogP contribution in [0, 0.1) is 5.41 Å². The van der Waals surface area contributed by atoms with Crippen LogP contribution in [0.5, 0.6) is 0 Å². The fourth-order valence-electron chi connectivity index (χ4n) is 2.90. The number of amides is 2. The molecule has 0 heterocycles. The first kappa shape index (κ1) is 20.3. The van der Waals surface area contributed by atoms with Crippen LogP contribution in [-0.2, 0) is 14.3 Å². The van der Waals surface area contributed by atoms with Crippen molar-refractivity contribution in [1.29, 1.82) is 0 Å². The van der Waals surface area contributed by atoms with Crippen LogP contribution in [-0.4, -0.2) is 30.2 Å². The van der Waals surface area contributed by atoms with Gasteiger partial charge in [-0.3, -0.25) is 14.4 Å². The molecule has 2 aromatic carbocycles. The number of anilines is 2. The zero-order valence-corrected chi connectivity index (χ0v) is 16.3. The van der Waals surface area contributed by atoms with Crippen molar-refractivity contribution < 1.29 is 23.9 Å². The van der Waals surface area contributed by atoms with Crippen molar-refractivity contribution in [3.63, 3.8) is 0 Å². The van der Waals surface area contributed by atoms with E-state index in [-0.39, 0.29) is 12.4 Å². The zero-order valence-electron chi connectivity index (χ0n) is 16.3. The topological polar surface area (TPSA) is 102 Å². The first-order valence-electron chi connectivity index (χ1n) is 9.37. The average molecular weight is 394 g/mol. The van der Waals surface area contributed by atoms with E-state index in [1.54, 1.807) is 55.5 Å². The molecular weight excluding hydrogens is 372 g/mol. The van der Waals surface area contributed by atoms with Crippen molar-refractivity contribution >= 4 is 34.9 Å². The number of carbonyl (C=O) groups excluding carboxylic acids is 4. The molecule has 1 aliphatic rings. The van der Waals surface area contributed by atoms with Crippen LogP contribution in [0.2, 0.25) is 0 Å². The Balaban J connectivity index is 1.66. The van der Waals surface area contributed by atoms with Gasteiger partial charge in [0.1, 0.15) is 5.41 Å². The number of hydrogen-bond donors (Lipinski definition) is 2. The maximum atomic E-state index is 12.7. The third-order valence-electron chi connectivity index (χ3n) is 4.80. The summed E-state index contributed by atoms with van der Waals surface area (Å²) < 4.78 is 4.92. The fraction of sp³-hybridized carbons (Fsp3) is 0.273. The summed E-state index contributed by atoms with van der Waals surface area (Å²) in [6.45, 7) is 3.46. The van der Waals surface area contributed by atoms with Crippen molar-refractivity contribution in [2.45, 2.75) is 26.7 Å². The molecule has 150 valence electrons. The summed E-state index contributed by atoms with van der Waals surface area (Å²) in [6, 6.07) is 12.9. The van der Waals surface area contributed by atoms with Crippen molar-refractivity contribution in [3.05, 3.63) is 59.7 Å². The molecular formula is C22H22N2O5. The molecule has 3 rings (SSSR count). The lowest BCUT2D eigenvalue weighted by molar-refractivity contribution is -0.131. The summed E-state index contributed by atoms with van der Waals surface area (Å²) in [4.78, 5) is 48.6. The number of Topliss-reactive ketones (excluding diaryl/α,β-unsaturated/α-hetero) is 1. The van der Waals surface area contributed by atoms with Gasteiger partial charge in [-0.25, -0.2) is 4.79 Å². The van der Waals surface area contributed by atoms with Crippen LogP contribution >= 0.6 is 0 Å². The Labute approximate surface area is 168 Å². The van der Waals surface area contributed by atoms with Gasteiger partial charge in [-0.15, -0.1) is 0 Å². The molecule has 0 aliphatic heterocycles. The van der Waals surface area contributed by atoms with E-state index in [0.717, 1.165) is 0 Å². The second kappa shape index (κ2) is 8.26. The van der Waals surface area contributed by atoms with E-state index < -0.39 is 23.2 Å². The van der Waals surface area contributed by atoms with Gasteiger partial charge in [0.25, 0.3) is 0 Å². The van der Waals surface area contributed by atoms with Crippen molar-refractivity contribution in [2.75, 3.05) is 17.2 Å². The van der Waals surface area contributed by atoms with E-state index >= 15 is 0 Å². The first-order valence-corrected chi connectivity index (χ1v) is 9.37. The largest absolute Gasteiger partial charge is 0.462 e. The lowest BCUT2D eigenvalue weighted by Gasteiger charge is -2.16. The standard InChI is InChI=1S/C22H22N2O5/c1-3-29-19(26)15-7-9-17(10-8-15)23-20(27)22(11-12-22)21(28)24-18-6-4-5-16(13-18)14(2)25/h4-10,13H,3,11-12H2,1-2H3,(H,23,27)(H,24,28). The van der Waals surface area contributed by atoms with E-state index in [2.05, 4.69) is 10.6 Å². The van der Waals surface area contributed by atoms with Crippen LogP contribution < -0.4 is 10.6 Å². The SMILES string of the molecule is CCOC(=O)c1ccc(NC(=O)C2(C(=O)Nc3cccc(C(C)=O)c3)CC2)cc1. The van der Waals surface area contributed by atoms with E-state index in [9.17, 15) is 19.2 Å². The molecule has 7 heteroatoms. The first-order chi connectivity index (χ1) is 13.9. The lowest BCUT2D eigenvalue weighted by Crippen LogP contribution is -2.35. The summed E-state index contributed by atoms with van der Waals surface area (Å²) in [7, 11) is 0. The van der Waals surface area contributed by atoms with E-state index in [1.807, 2.05) is 0 Å².